The fourth-order valence-electron chi connectivity index (χ4n) is 2.11. The summed E-state index contributed by atoms with van der Waals surface area (Å²) < 4.78 is 5.87. The molecule has 1 N–H and O–H groups in total. The first kappa shape index (κ1) is 12.6. The van der Waals surface area contributed by atoms with Gasteiger partial charge in [0.15, 0.2) is 0 Å². The molecule has 3 nitrogen and oxygen atoms in total. The van der Waals surface area contributed by atoms with Gasteiger partial charge in [0.1, 0.15) is 5.75 Å². The number of nitrogens with zero attached hydrogens (tertiary/aromatic N) is 1. The lowest BCUT2D eigenvalue weighted by Crippen LogP contribution is -2.22. The number of aromatic nitrogens is 1. The van der Waals surface area contributed by atoms with Crippen molar-refractivity contribution in [1.82, 2.24) is 10.3 Å². The number of hydrogen-bond donors (Lipinski definition) is 1. The quantitative estimate of drug-likeness (QED) is 0.877. The van der Waals surface area contributed by atoms with Crippen LogP contribution in [-0.4, -0.2) is 17.6 Å². The molecule has 100 valence electrons. The summed E-state index contributed by atoms with van der Waals surface area (Å²) in [6.45, 7) is 3.03. The molecule has 0 amide bonds. The Kier molecular flexibility index (Phi) is 3.80. The van der Waals surface area contributed by atoms with Gasteiger partial charge >= 0.3 is 0 Å². The van der Waals surface area contributed by atoms with E-state index in [1.54, 1.807) is 11.3 Å². The highest BCUT2D eigenvalue weighted by Crippen LogP contribution is 2.29. The molecular weight excluding hydrogens is 256 g/mol. The van der Waals surface area contributed by atoms with Crippen molar-refractivity contribution in [2.24, 2.45) is 0 Å². The van der Waals surface area contributed by atoms with E-state index < -0.39 is 0 Å². The Bertz CT molecular complexity index is 523. The third-order valence-electron chi connectivity index (χ3n) is 3.17. The second-order valence-corrected chi connectivity index (χ2v) is 5.51. The van der Waals surface area contributed by atoms with E-state index in [1.165, 1.54) is 18.4 Å². The van der Waals surface area contributed by atoms with Gasteiger partial charge in [-0.3, -0.25) is 0 Å². The van der Waals surface area contributed by atoms with Gasteiger partial charge in [0.25, 0.3) is 0 Å². The zero-order valence-corrected chi connectivity index (χ0v) is 11.8. The molecule has 1 unspecified atom stereocenters. The molecule has 0 bridgehead atoms. The maximum atomic E-state index is 5.87. The maximum Gasteiger partial charge on any atom is 0.120 e. The lowest BCUT2D eigenvalue weighted by Gasteiger charge is -2.17. The van der Waals surface area contributed by atoms with E-state index >= 15 is 0 Å². The van der Waals surface area contributed by atoms with Crippen molar-refractivity contribution in [3.8, 4) is 5.75 Å². The van der Waals surface area contributed by atoms with Crippen LogP contribution in [0.2, 0.25) is 0 Å². The van der Waals surface area contributed by atoms with Crippen molar-refractivity contribution < 1.29 is 4.74 Å². The van der Waals surface area contributed by atoms with Crippen molar-refractivity contribution >= 4 is 11.3 Å². The Balaban J connectivity index is 1.84. The first-order valence-corrected chi connectivity index (χ1v) is 7.69. The highest BCUT2D eigenvalue weighted by molar-refractivity contribution is 7.07. The van der Waals surface area contributed by atoms with Crippen LogP contribution >= 0.6 is 11.3 Å². The maximum absolute atomic E-state index is 5.87. The summed E-state index contributed by atoms with van der Waals surface area (Å²) in [4.78, 5) is 4.43. The molecule has 2 aromatic rings. The number of benzene rings is 1. The molecule has 1 aromatic heterocycles. The second kappa shape index (κ2) is 5.72. The number of ether oxygens (including phenoxy) is 1. The summed E-state index contributed by atoms with van der Waals surface area (Å²) in [7, 11) is 0. The highest BCUT2D eigenvalue weighted by atomic mass is 32.1. The van der Waals surface area contributed by atoms with Gasteiger partial charge in [-0.05, 0) is 37.1 Å². The van der Waals surface area contributed by atoms with Crippen LogP contribution in [0, 0.1) is 0 Å². The molecule has 3 rings (SSSR count). The van der Waals surface area contributed by atoms with Crippen molar-refractivity contribution in [3.05, 3.63) is 46.4 Å². The van der Waals surface area contributed by atoms with Crippen molar-refractivity contribution in [2.75, 3.05) is 6.54 Å². The molecule has 0 saturated heterocycles. The van der Waals surface area contributed by atoms with Gasteiger partial charge < -0.3 is 10.1 Å². The van der Waals surface area contributed by atoms with Crippen LogP contribution in [0.3, 0.4) is 0 Å². The van der Waals surface area contributed by atoms with Gasteiger partial charge in [-0.1, -0.05) is 19.1 Å². The van der Waals surface area contributed by atoms with E-state index in [0.717, 1.165) is 18.0 Å². The van der Waals surface area contributed by atoms with Gasteiger partial charge in [0.05, 0.1) is 23.4 Å². The average Bonchev–Trinajstić information content (AvgIpc) is 3.07. The standard InChI is InChI=1S/C15H18N2OS/c1-2-16-15(14-9-19-10-17-14)11-4-3-5-13(8-11)18-12-6-7-12/h3-5,8-10,12,15-16H,2,6-7H2,1H3. The van der Waals surface area contributed by atoms with Crippen molar-refractivity contribution in [3.63, 3.8) is 0 Å². The Morgan fingerprint density at radius 2 is 2.37 bits per heavy atom. The normalized spacial score (nSPS) is 16.3. The van der Waals surface area contributed by atoms with Crippen LogP contribution in [0.1, 0.15) is 37.1 Å². The Morgan fingerprint density at radius 3 is 3.05 bits per heavy atom. The van der Waals surface area contributed by atoms with Gasteiger partial charge in [0, 0.05) is 5.38 Å². The van der Waals surface area contributed by atoms with Crippen molar-refractivity contribution in [2.45, 2.75) is 31.9 Å². The van der Waals surface area contributed by atoms with Crippen LogP contribution in [-0.2, 0) is 0 Å². The fraction of sp³-hybridized carbons (Fsp3) is 0.400. The average molecular weight is 274 g/mol. The van der Waals surface area contributed by atoms with E-state index in [4.69, 9.17) is 4.74 Å². The topological polar surface area (TPSA) is 34.1 Å². The zero-order valence-electron chi connectivity index (χ0n) is 11.0. The molecule has 0 spiro atoms. The van der Waals surface area contributed by atoms with E-state index in [1.807, 2.05) is 11.6 Å². The number of nitrogens with one attached hydrogen (secondary N) is 1. The Labute approximate surface area is 117 Å². The van der Waals surface area contributed by atoms with Crippen LogP contribution in [0.4, 0.5) is 0 Å². The Hall–Kier alpha value is -1.39. The number of thiazole rings is 1. The number of hydrogen-bond acceptors (Lipinski definition) is 4. The van der Waals surface area contributed by atoms with Crippen LogP contribution in [0.5, 0.6) is 5.75 Å². The highest BCUT2D eigenvalue weighted by Gasteiger charge is 2.24. The summed E-state index contributed by atoms with van der Waals surface area (Å²) in [5, 5.41) is 5.59. The third-order valence-corrected chi connectivity index (χ3v) is 3.78. The van der Waals surface area contributed by atoms with E-state index in [2.05, 4.69) is 40.8 Å². The minimum Gasteiger partial charge on any atom is -0.490 e. The minimum atomic E-state index is 0.152. The summed E-state index contributed by atoms with van der Waals surface area (Å²) in [5.74, 6) is 0.970. The smallest absolute Gasteiger partial charge is 0.120 e. The molecule has 1 aliphatic rings. The monoisotopic (exact) mass is 274 g/mol. The minimum absolute atomic E-state index is 0.152. The lowest BCUT2D eigenvalue weighted by atomic mass is 10.0. The van der Waals surface area contributed by atoms with Crippen LogP contribution in [0.15, 0.2) is 35.2 Å². The zero-order chi connectivity index (χ0) is 13.1. The lowest BCUT2D eigenvalue weighted by molar-refractivity contribution is 0.302. The first-order chi connectivity index (χ1) is 9.36. The summed E-state index contributed by atoms with van der Waals surface area (Å²) in [6, 6.07) is 8.51. The molecule has 1 aliphatic carbocycles. The van der Waals surface area contributed by atoms with E-state index in [0.29, 0.717) is 6.10 Å². The summed E-state index contributed by atoms with van der Waals surface area (Å²) in [5.41, 5.74) is 4.17. The molecular formula is C15H18N2OS. The largest absolute Gasteiger partial charge is 0.490 e. The molecule has 0 radical (unpaired) electrons. The molecule has 1 saturated carbocycles. The summed E-state index contributed by atoms with van der Waals surface area (Å²) >= 11 is 1.63. The SMILES string of the molecule is CCNC(c1cccc(OC2CC2)c1)c1cscn1. The fourth-order valence-corrected chi connectivity index (χ4v) is 2.69. The van der Waals surface area contributed by atoms with Crippen LogP contribution in [0.25, 0.3) is 0 Å². The van der Waals surface area contributed by atoms with E-state index in [-0.39, 0.29) is 6.04 Å². The third kappa shape index (κ3) is 3.14. The molecule has 1 heterocycles. The van der Waals surface area contributed by atoms with Gasteiger partial charge in [-0.2, -0.15) is 0 Å². The van der Waals surface area contributed by atoms with E-state index in [9.17, 15) is 0 Å². The molecule has 1 fully saturated rings. The molecule has 0 aliphatic heterocycles. The molecule has 1 atom stereocenters. The van der Waals surface area contributed by atoms with Gasteiger partial charge in [-0.25, -0.2) is 4.98 Å². The van der Waals surface area contributed by atoms with Gasteiger partial charge in [0.2, 0.25) is 0 Å². The molecule has 19 heavy (non-hydrogen) atoms. The van der Waals surface area contributed by atoms with Crippen molar-refractivity contribution in [1.29, 1.82) is 0 Å². The second-order valence-electron chi connectivity index (χ2n) is 4.79. The predicted octanol–water partition coefficient (Wildman–Crippen LogP) is 3.38. The molecule has 1 aromatic carbocycles. The van der Waals surface area contributed by atoms with Gasteiger partial charge in [-0.15, -0.1) is 11.3 Å². The van der Waals surface area contributed by atoms with Crippen LogP contribution < -0.4 is 10.1 Å². The first-order valence-electron chi connectivity index (χ1n) is 6.75. The molecule has 4 heteroatoms. The number of rotatable bonds is 6. The predicted molar refractivity (Wildman–Crippen MR) is 77.7 cm³/mol. The summed E-state index contributed by atoms with van der Waals surface area (Å²) in [6.07, 6.45) is 2.81. The Morgan fingerprint density at radius 1 is 1.47 bits per heavy atom.